The number of carbonyl (C=O) groups is 1. The van der Waals surface area contributed by atoms with E-state index in [1.807, 2.05) is 55.1 Å². The molecule has 170 valence electrons. The molecular formula is C25H27N5O2S. The topological polar surface area (TPSA) is 73.8 Å². The number of hydrogen-bond donors (Lipinski definition) is 1. The Balaban J connectivity index is 1.42. The van der Waals surface area contributed by atoms with Crippen molar-refractivity contribution in [1.29, 1.82) is 0 Å². The van der Waals surface area contributed by atoms with Gasteiger partial charge in [-0.2, -0.15) is 0 Å². The summed E-state index contributed by atoms with van der Waals surface area (Å²) >= 11 is 1.51. The highest BCUT2D eigenvalue weighted by Gasteiger charge is 2.18. The first kappa shape index (κ1) is 22.7. The molecule has 0 aliphatic rings. The number of anilines is 1. The number of aromatic nitrogens is 4. The summed E-state index contributed by atoms with van der Waals surface area (Å²) in [7, 11) is 1.81. The van der Waals surface area contributed by atoms with Crippen LogP contribution >= 0.6 is 11.8 Å². The lowest BCUT2D eigenvalue weighted by Gasteiger charge is -2.10. The highest BCUT2D eigenvalue weighted by Crippen LogP contribution is 2.23. The number of carbonyl (C=O) groups excluding carboxylic acids is 1. The van der Waals surface area contributed by atoms with E-state index >= 15 is 0 Å². The van der Waals surface area contributed by atoms with Gasteiger partial charge in [-0.25, -0.2) is 9.67 Å². The summed E-state index contributed by atoms with van der Waals surface area (Å²) in [5.74, 6) is 0.352. The van der Waals surface area contributed by atoms with Gasteiger partial charge >= 0.3 is 0 Å². The standard InChI is InChI=1S/C25H27N5O2S/c1-17-10-11-21(16-18(17)2)29-14-13-26-25(29)33-15-12-22(31)27-23-19(3)28(4)30(24(23)32)20-8-6-5-7-9-20/h5-11,13-14,16H,12,15H2,1-4H3,(H,27,31). The minimum Gasteiger partial charge on any atom is -0.320 e. The van der Waals surface area contributed by atoms with Crippen molar-refractivity contribution in [3.8, 4) is 11.4 Å². The number of thioether (sulfide) groups is 1. The number of aryl methyl sites for hydroxylation is 2. The fraction of sp³-hybridized carbons (Fsp3) is 0.240. The number of rotatable bonds is 7. The first-order valence-corrected chi connectivity index (χ1v) is 11.7. The van der Waals surface area contributed by atoms with Crippen LogP contribution in [0.25, 0.3) is 11.4 Å². The fourth-order valence-electron chi connectivity index (χ4n) is 3.62. The number of para-hydroxylation sites is 1. The van der Waals surface area contributed by atoms with Crippen LogP contribution in [0.4, 0.5) is 5.69 Å². The summed E-state index contributed by atoms with van der Waals surface area (Å²) in [5.41, 5.74) is 5.03. The monoisotopic (exact) mass is 461 g/mol. The summed E-state index contributed by atoms with van der Waals surface area (Å²) in [4.78, 5) is 30.0. The third kappa shape index (κ3) is 4.66. The number of amides is 1. The first-order valence-electron chi connectivity index (χ1n) is 10.7. The predicted octanol–water partition coefficient (Wildman–Crippen LogP) is 4.41. The summed E-state index contributed by atoms with van der Waals surface area (Å²) in [6.45, 7) is 6.00. The van der Waals surface area contributed by atoms with E-state index in [0.717, 1.165) is 16.5 Å². The molecule has 0 atom stereocenters. The van der Waals surface area contributed by atoms with Crippen LogP contribution in [0.15, 0.2) is 70.9 Å². The van der Waals surface area contributed by atoms with Gasteiger partial charge in [-0.05, 0) is 56.2 Å². The fourth-order valence-corrected chi connectivity index (χ4v) is 4.53. The molecule has 33 heavy (non-hydrogen) atoms. The van der Waals surface area contributed by atoms with Crippen LogP contribution < -0.4 is 10.9 Å². The average molecular weight is 462 g/mol. The molecule has 0 aliphatic heterocycles. The van der Waals surface area contributed by atoms with Gasteiger partial charge in [-0.1, -0.05) is 36.0 Å². The molecule has 0 spiro atoms. The molecule has 0 saturated heterocycles. The maximum Gasteiger partial charge on any atom is 0.295 e. The highest BCUT2D eigenvalue weighted by molar-refractivity contribution is 7.99. The Hall–Kier alpha value is -3.52. The minimum absolute atomic E-state index is 0.196. The molecule has 1 N–H and O–H groups in total. The Bertz CT molecular complexity index is 1350. The van der Waals surface area contributed by atoms with Crippen molar-refractivity contribution in [2.24, 2.45) is 7.05 Å². The number of nitrogens with one attached hydrogen (secondary N) is 1. The number of benzene rings is 2. The molecule has 0 radical (unpaired) electrons. The van der Waals surface area contributed by atoms with E-state index in [2.05, 4.69) is 42.3 Å². The molecule has 1 amide bonds. The van der Waals surface area contributed by atoms with Gasteiger partial charge in [-0.15, -0.1) is 0 Å². The first-order chi connectivity index (χ1) is 15.9. The molecule has 2 aromatic heterocycles. The van der Waals surface area contributed by atoms with E-state index in [9.17, 15) is 9.59 Å². The van der Waals surface area contributed by atoms with E-state index < -0.39 is 0 Å². The summed E-state index contributed by atoms with van der Waals surface area (Å²) < 4.78 is 5.33. The maximum absolute atomic E-state index is 13.0. The molecule has 4 rings (SSSR count). The van der Waals surface area contributed by atoms with Crippen LogP contribution in [0.2, 0.25) is 0 Å². The van der Waals surface area contributed by atoms with Crippen LogP contribution in [0.3, 0.4) is 0 Å². The largest absolute Gasteiger partial charge is 0.320 e. The molecule has 2 heterocycles. The van der Waals surface area contributed by atoms with E-state index in [0.29, 0.717) is 17.1 Å². The van der Waals surface area contributed by atoms with Gasteiger partial charge < -0.3 is 5.32 Å². The zero-order valence-electron chi connectivity index (χ0n) is 19.2. The van der Waals surface area contributed by atoms with Crippen LogP contribution in [0.1, 0.15) is 23.2 Å². The molecule has 2 aromatic carbocycles. The second-order valence-electron chi connectivity index (χ2n) is 7.93. The van der Waals surface area contributed by atoms with Crippen molar-refractivity contribution < 1.29 is 4.79 Å². The molecule has 0 saturated carbocycles. The minimum atomic E-state index is -0.243. The number of imidazole rings is 1. The van der Waals surface area contributed by atoms with Gasteiger partial charge in [0.15, 0.2) is 5.16 Å². The molecule has 4 aromatic rings. The summed E-state index contributed by atoms with van der Waals surface area (Å²) in [6.07, 6.45) is 3.95. The normalized spacial score (nSPS) is 11.0. The molecule has 0 unspecified atom stereocenters. The van der Waals surface area contributed by atoms with Crippen molar-refractivity contribution in [2.45, 2.75) is 32.3 Å². The molecule has 0 bridgehead atoms. The third-order valence-electron chi connectivity index (χ3n) is 5.75. The second kappa shape index (κ2) is 9.54. The second-order valence-corrected chi connectivity index (χ2v) is 8.99. The Morgan fingerprint density at radius 3 is 2.52 bits per heavy atom. The van der Waals surface area contributed by atoms with Crippen LogP contribution in [-0.4, -0.2) is 30.6 Å². The Morgan fingerprint density at radius 2 is 1.79 bits per heavy atom. The lowest BCUT2D eigenvalue weighted by atomic mass is 10.1. The van der Waals surface area contributed by atoms with E-state index in [1.165, 1.54) is 22.9 Å². The molecule has 0 aliphatic carbocycles. The SMILES string of the molecule is Cc1ccc(-n2ccnc2SCCC(=O)Nc2c(C)n(C)n(-c3ccccc3)c2=O)cc1C. The Kier molecular flexibility index (Phi) is 6.55. The summed E-state index contributed by atoms with van der Waals surface area (Å²) in [6, 6.07) is 15.7. The van der Waals surface area contributed by atoms with Crippen molar-refractivity contribution >= 4 is 23.4 Å². The number of nitrogens with zero attached hydrogens (tertiary/aromatic N) is 4. The van der Waals surface area contributed by atoms with Crippen molar-refractivity contribution in [2.75, 3.05) is 11.1 Å². The van der Waals surface area contributed by atoms with Gasteiger partial charge in [0.2, 0.25) is 5.91 Å². The van der Waals surface area contributed by atoms with Crippen LogP contribution in [-0.2, 0) is 11.8 Å². The van der Waals surface area contributed by atoms with Gasteiger partial charge in [0, 0.05) is 37.3 Å². The maximum atomic E-state index is 13.0. The van der Waals surface area contributed by atoms with E-state index in [1.54, 1.807) is 15.6 Å². The zero-order chi connectivity index (χ0) is 23.5. The Labute approximate surface area is 197 Å². The van der Waals surface area contributed by atoms with Gasteiger partial charge in [0.25, 0.3) is 5.56 Å². The van der Waals surface area contributed by atoms with Crippen LogP contribution in [0, 0.1) is 20.8 Å². The highest BCUT2D eigenvalue weighted by atomic mass is 32.2. The van der Waals surface area contributed by atoms with Crippen molar-refractivity contribution in [3.05, 3.63) is 88.1 Å². The summed E-state index contributed by atoms with van der Waals surface area (Å²) in [5, 5.41) is 3.64. The van der Waals surface area contributed by atoms with Gasteiger partial charge in [0.1, 0.15) is 5.69 Å². The van der Waals surface area contributed by atoms with Crippen molar-refractivity contribution in [1.82, 2.24) is 18.9 Å². The predicted molar refractivity (Wildman–Crippen MR) is 133 cm³/mol. The van der Waals surface area contributed by atoms with Crippen molar-refractivity contribution in [3.63, 3.8) is 0 Å². The average Bonchev–Trinajstić information content (AvgIpc) is 3.35. The van der Waals surface area contributed by atoms with Crippen LogP contribution in [0.5, 0.6) is 0 Å². The van der Waals surface area contributed by atoms with Gasteiger partial charge in [0.05, 0.1) is 11.4 Å². The zero-order valence-corrected chi connectivity index (χ0v) is 20.0. The molecule has 0 fully saturated rings. The molecule has 7 nitrogen and oxygen atoms in total. The molecular weight excluding hydrogens is 434 g/mol. The van der Waals surface area contributed by atoms with E-state index in [-0.39, 0.29) is 17.9 Å². The lowest BCUT2D eigenvalue weighted by molar-refractivity contribution is -0.115. The van der Waals surface area contributed by atoms with Gasteiger partial charge in [-0.3, -0.25) is 18.8 Å². The third-order valence-corrected chi connectivity index (χ3v) is 6.72. The number of hydrogen-bond acceptors (Lipinski definition) is 4. The quantitative estimate of drug-likeness (QED) is 0.414. The Morgan fingerprint density at radius 1 is 1.03 bits per heavy atom. The van der Waals surface area contributed by atoms with E-state index in [4.69, 9.17) is 0 Å². The molecule has 8 heteroatoms. The lowest BCUT2D eigenvalue weighted by Crippen LogP contribution is -2.23. The smallest absolute Gasteiger partial charge is 0.295 e.